The maximum Gasteiger partial charge on any atom is 0.407 e. The van der Waals surface area contributed by atoms with Crippen LogP contribution in [0.25, 0.3) is 0 Å². The van der Waals surface area contributed by atoms with Crippen LogP contribution in [0.1, 0.15) is 39.2 Å². The lowest BCUT2D eigenvalue weighted by Crippen LogP contribution is -2.50. The van der Waals surface area contributed by atoms with Gasteiger partial charge in [-0.15, -0.1) is 0 Å². The van der Waals surface area contributed by atoms with Crippen LogP contribution in [-0.4, -0.2) is 41.8 Å². The van der Waals surface area contributed by atoms with Crippen molar-refractivity contribution >= 4 is 12.1 Å². The van der Waals surface area contributed by atoms with Gasteiger partial charge in [0.25, 0.3) is 0 Å². The molecule has 1 saturated heterocycles. The Hall–Kier alpha value is -2.24. The molecule has 1 aliphatic heterocycles. The molecule has 24 heavy (non-hydrogen) atoms. The monoisotopic (exact) mass is 333 g/mol. The molecule has 0 atom stereocenters. The van der Waals surface area contributed by atoms with Gasteiger partial charge in [-0.1, -0.05) is 30.3 Å². The molecule has 6 heteroatoms. The number of hydrogen-bond donors (Lipinski definition) is 2. The molecule has 0 bridgehead atoms. The van der Waals surface area contributed by atoms with Crippen LogP contribution in [0, 0.1) is 0 Å². The van der Waals surface area contributed by atoms with E-state index < -0.39 is 11.7 Å². The average molecular weight is 333 g/mol. The Balaban J connectivity index is 1.70. The third kappa shape index (κ3) is 6.10. The first-order chi connectivity index (χ1) is 11.3. The first-order valence-corrected chi connectivity index (χ1v) is 8.40. The van der Waals surface area contributed by atoms with Gasteiger partial charge in [0.15, 0.2) is 0 Å². The van der Waals surface area contributed by atoms with Crippen molar-refractivity contribution in [1.29, 1.82) is 0 Å². The maximum atomic E-state index is 12.2. The van der Waals surface area contributed by atoms with Crippen LogP contribution in [0.15, 0.2) is 30.3 Å². The molecule has 3 amide bonds. The Morgan fingerprint density at radius 2 is 1.79 bits per heavy atom. The third-order valence-corrected chi connectivity index (χ3v) is 3.79. The van der Waals surface area contributed by atoms with Crippen molar-refractivity contribution in [3.05, 3.63) is 35.9 Å². The third-order valence-electron chi connectivity index (χ3n) is 3.79. The number of nitrogens with zero attached hydrogens (tertiary/aromatic N) is 1. The molecular weight excluding hydrogens is 306 g/mol. The van der Waals surface area contributed by atoms with Gasteiger partial charge in [0.05, 0.1) is 0 Å². The number of urea groups is 1. The summed E-state index contributed by atoms with van der Waals surface area (Å²) in [5.41, 5.74) is 0.578. The maximum absolute atomic E-state index is 12.2. The molecule has 2 rings (SSSR count). The summed E-state index contributed by atoms with van der Waals surface area (Å²) >= 11 is 0. The Labute approximate surface area is 143 Å². The highest BCUT2D eigenvalue weighted by Gasteiger charge is 2.25. The molecule has 0 spiro atoms. The average Bonchev–Trinajstić information content (AvgIpc) is 2.52. The first-order valence-electron chi connectivity index (χ1n) is 8.40. The molecule has 0 unspecified atom stereocenters. The van der Waals surface area contributed by atoms with Crippen molar-refractivity contribution < 1.29 is 14.3 Å². The van der Waals surface area contributed by atoms with E-state index in [0.29, 0.717) is 19.6 Å². The van der Waals surface area contributed by atoms with Crippen LogP contribution in [0.2, 0.25) is 0 Å². The van der Waals surface area contributed by atoms with E-state index in [1.807, 2.05) is 51.1 Å². The molecule has 1 aliphatic rings. The van der Waals surface area contributed by atoms with Gasteiger partial charge in [-0.3, -0.25) is 0 Å². The van der Waals surface area contributed by atoms with Crippen LogP contribution < -0.4 is 10.6 Å². The summed E-state index contributed by atoms with van der Waals surface area (Å²) in [5, 5.41) is 5.80. The van der Waals surface area contributed by atoms with Crippen molar-refractivity contribution in [2.45, 2.75) is 51.8 Å². The summed E-state index contributed by atoms with van der Waals surface area (Å²) in [6.45, 7) is 7.29. The van der Waals surface area contributed by atoms with Crippen molar-refractivity contribution in [3.63, 3.8) is 0 Å². The largest absolute Gasteiger partial charge is 0.444 e. The van der Waals surface area contributed by atoms with Crippen molar-refractivity contribution in [1.82, 2.24) is 15.5 Å². The highest BCUT2D eigenvalue weighted by molar-refractivity contribution is 5.74. The number of hydrogen-bond acceptors (Lipinski definition) is 3. The molecule has 1 aromatic rings. The normalized spacial score (nSPS) is 15.7. The fraction of sp³-hybridized carbons (Fsp3) is 0.556. The quantitative estimate of drug-likeness (QED) is 0.893. The molecule has 1 fully saturated rings. The molecule has 132 valence electrons. The number of carbonyl (C=O) groups is 2. The Morgan fingerprint density at radius 3 is 2.38 bits per heavy atom. The Morgan fingerprint density at radius 1 is 1.17 bits per heavy atom. The topological polar surface area (TPSA) is 70.7 Å². The minimum Gasteiger partial charge on any atom is -0.444 e. The number of benzene rings is 1. The molecule has 0 radical (unpaired) electrons. The number of carbonyl (C=O) groups excluding carboxylic acids is 2. The molecule has 1 heterocycles. The zero-order chi connectivity index (χ0) is 17.6. The van der Waals surface area contributed by atoms with Gasteiger partial charge in [-0.05, 0) is 39.2 Å². The van der Waals surface area contributed by atoms with Crippen molar-refractivity contribution in [2.75, 3.05) is 13.1 Å². The number of rotatable bonds is 3. The molecular formula is C18H27N3O3. The fourth-order valence-electron chi connectivity index (χ4n) is 2.59. The van der Waals surface area contributed by atoms with Gasteiger partial charge in [-0.2, -0.15) is 0 Å². The predicted molar refractivity (Wildman–Crippen MR) is 92.6 cm³/mol. The van der Waals surface area contributed by atoms with E-state index in [2.05, 4.69) is 10.6 Å². The highest BCUT2D eigenvalue weighted by Crippen LogP contribution is 2.13. The second kappa shape index (κ2) is 8.04. The lowest BCUT2D eigenvalue weighted by Gasteiger charge is -2.32. The van der Waals surface area contributed by atoms with E-state index >= 15 is 0 Å². The van der Waals surface area contributed by atoms with Crippen molar-refractivity contribution in [2.24, 2.45) is 0 Å². The molecule has 0 aliphatic carbocycles. The minimum absolute atomic E-state index is 0.0537. The SMILES string of the molecule is CC(C)(C)OC(=O)NC1CCN(C(=O)NCc2ccccc2)CC1. The lowest BCUT2D eigenvalue weighted by molar-refractivity contribution is 0.0485. The Bertz CT molecular complexity index is 546. The van der Waals surface area contributed by atoms with E-state index in [0.717, 1.165) is 18.4 Å². The smallest absolute Gasteiger partial charge is 0.407 e. The summed E-state index contributed by atoms with van der Waals surface area (Å²) in [6.07, 6.45) is 1.07. The summed E-state index contributed by atoms with van der Waals surface area (Å²) < 4.78 is 5.26. The first kappa shape index (κ1) is 18.1. The number of piperidine rings is 1. The number of ether oxygens (including phenoxy) is 1. The highest BCUT2D eigenvalue weighted by atomic mass is 16.6. The molecule has 0 aromatic heterocycles. The van der Waals surface area contributed by atoms with Gasteiger partial charge in [-0.25, -0.2) is 9.59 Å². The zero-order valence-electron chi connectivity index (χ0n) is 14.7. The van der Waals surface area contributed by atoms with Gasteiger partial charge in [0.2, 0.25) is 0 Å². The van der Waals surface area contributed by atoms with Gasteiger partial charge >= 0.3 is 12.1 Å². The van der Waals surface area contributed by atoms with Gasteiger partial charge < -0.3 is 20.3 Å². The number of nitrogens with one attached hydrogen (secondary N) is 2. The molecule has 6 nitrogen and oxygen atoms in total. The van der Waals surface area contributed by atoms with Gasteiger partial charge in [0, 0.05) is 25.7 Å². The van der Waals surface area contributed by atoms with Crippen LogP contribution in [0.4, 0.5) is 9.59 Å². The summed E-state index contributed by atoms with van der Waals surface area (Å²) in [6, 6.07) is 9.82. The van der Waals surface area contributed by atoms with Gasteiger partial charge in [0.1, 0.15) is 5.60 Å². The molecule has 0 saturated carbocycles. The number of alkyl carbamates (subject to hydrolysis) is 1. The summed E-state index contributed by atoms with van der Waals surface area (Å²) in [4.78, 5) is 25.8. The number of likely N-dealkylation sites (tertiary alicyclic amines) is 1. The van der Waals surface area contributed by atoms with Crippen LogP contribution in [-0.2, 0) is 11.3 Å². The van der Waals surface area contributed by atoms with E-state index in [1.165, 1.54) is 0 Å². The van der Waals surface area contributed by atoms with E-state index in [1.54, 1.807) is 4.90 Å². The Kier molecular flexibility index (Phi) is 6.06. The fourth-order valence-corrected chi connectivity index (χ4v) is 2.59. The van der Waals surface area contributed by atoms with E-state index in [9.17, 15) is 9.59 Å². The lowest BCUT2D eigenvalue weighted by atomic mass is 10.1. The molecule has 2 N–H and O–H groups in total. The summed E-state index contributed by atoms with van der Waals surface area (Å²) in [5.74, 6) is 0. The van der Waals surface area contributed by atoms with E-state index in [-0.39, 0.29) is 12.1 Å². The molecule has 1 aromatic carbocycles. The van der Waals surface area contributed by atoms with Crippen LogP contribution in [0.5, 0.6) is 0 Å². The number of amides is 3. The second-order valence-corrected chi connectivity index (χ2v) is 7.05. The van der Waals surface area contributed by atoms with E-state index in [4.69, 9.17) is 4.74 Å². The van der Waals surface area contributed by atoms with Crippen molar-refractivity contribution in [3.8, 4) is 0 Å². The summed E-state index contributed by atoms with van der Waals surface area (Å²) in [7, 11) is 0. The predicted octanol–water partition coefficient (Wildman–Crippen LogP) is 2.89. The standard InChI is InChI=1S/C18H27N3O3/c1-18(2,3)24-17(23)20-15-9-11-21(12-10-15)16(22)19-13-14-7-5-4-6-8-14/h4-8,15H,9-13H2,1-3H3,(H,19,22)(H,20,23). The minimum atomic E-state index is -0.498. The van der Waals surface area contributed by atoms with Crippen LogP contribution >= 0.6 is 0 Å². The zero-order valence-corrected chi connectivity index (χ0v) is 14.7. The second-order valence-electron chi connectivity index (χ2n) is 7.05. The van der Waals surface area contributed by atoms with Crippen LogP contribution in [0.3, 0.4) is 0 Å².